The number of benzene rings is 2. The molecule has 0 spiro atoms. The normalized spacial score (nSPS) is 12.3. The number of halogens is 1. The molecule has 1 atom stereocenters. The Bertz CT molecular complexity index is 1340. The van der Waals surface area contributed by atoms with E-state index in [0.717, 1.165) is 15.7 Å². The maximum absolute atomic E-state index is 12.4. The third kappa shape index (κ3) is 4.06. The molecule has 0 aliphatic rings. The number of aryl methyl sites for hydroxylation is 1. The van der Waals surface area contributed by atoms with E-state index >= 15 is 0 Å². The molecule has 160 valence electrons. The van der Waals surface area contributed by atoms with Crippen LogP contribution in [0.3, 0.4) is 0 Å². The molecule has 0 aliphatic carbocycles. The molecule has 0 fully saturated rings. The summed E-state index contributed by atoms with van der Waals surface area (Å²) in [6, 6.07) is 17.6. The first-order chi connectivity index (χ1) is 14.9. The van der Waals surface area contributed by atoms with Gasteiger partial charge in [0.15, 0.2) is 15.9 Å². The maximum atomic E-state index is 12.4. The number of aliphatic hydroxyl groups excluding tert-OH is 1. The van der Waals surface area contributed by atoms with Gasteiger partial charge in [0.25, 0.3) is 5.56 Å². The van der Waals surface area contributed by atoms with Crippen LogP contribution in [0.2, 0.25) is 0 Å². The van der Waals surface area contributed by atoms with Crippen LogP contribution in [-0.2, 0) is 20.6 Å². The van der Waals surface area contributed by atoms with Crippen LogP contribution in [0.4, 0.5) is 0 Å². The second-order valence-corrected chi connectivity index (χ2v) is 7.93. The van der Waals surface area contributed by atoms with Crippen molar-refractivity contribution < 1.29 is 9.84 Å². The molecule has 31 heavy (non-hydrogen) atoms. The van der Waals surface area contributed by atoms with Crippen molar-refractivity contribution >= 4 is 27.1 Å². The van der Waals surface area contributed by atoms with E-state index in [1.807, 2.05) is 54.6 Å². The lowest BCUT2D eigenvalue weighted by molar-refractivity contribution is 0.0926. The van der Waals surface area contributed by atoms with Crippen molar-refractivity contribution in [3.05, 3.63) is 80.2 Å². The molecule has 2 aromatic heterocycles. The SMILES string of the molecule is Cn1c(=O)c2nc(Br)n(CC(O)COc3ccc(-c4ccccc4)cc3)c2n(C)c1=O. The summed E-state index contributed by atoms with van der Waals surface area (Å²) in [5, 5.41) is 10.5. The van der Waals surface area contributed by atoms with Crippen molar-refractivity contribution in [2.75, 3.05) is 6.61 Å². The number of fused-ring (bicyclic) bond motifs is 1. The summed E-state index contributed by atoms with van der Waals surface area (Å²) in [6.07, 6.45) is -0.887. The van der Waals surface area contributed by atoms with E-state index in [1.54, 1.807) is 11.6 Å². The van der Waals surface area contributed by atoms with Crippen LogP contribution in [0.15, 0.2) is 68.9 Å². The summed E-state index contributed by atoms with van der Waals surface area (Å²) in [5.41, 5.74) is 1.73. The van der Waals surface area contributed by atoms with Gasteiger partial charge in [0.05, 0.1) is 6.54 Å². The van der Waals surface area contributed by atoms with Crippen molar-refractivity contribution in [1.29, 1.82) is 0 Å². The molecule has 4 rings (SSSR count). The zero-order chi connectivity index (χ0) is 22.1. The largest absolute Gasteiger partial charge is 0.491 e. The fraction of sp³-hybridized carbons (Fsp3) is 0.227. The zero-order valence-electron chi connectivity index (χ0n) is 17.0. The number of aliphatic hydroxyl groups is 1. The fourth-order valence-corrected chi connectivity index (χ4v) is 3.94. The van der Waals surface area contributed by atoms with Gasteiger partial charge in [-0.15, -0.1) is 0 Å². The number of imidazole rings is 1. The van der Waals surface area contributed by atoms with Crippen LogP contribution in [-0.4, -0.2) is 36.5 Å². The molecule has 0 saturated heterocycles. The lowest BCUT2D eigenvalue weighted by atomic mass is 10.1. The van der Waals surface area contributed by atoms with Gasteiger partial charge < -0.3 is 14.4 Å². The number of nitrogens with zero attached hydrogens (tertiary/aromatic N) is 4. The minimum atomic E-state index is -0.887. The average Bonchev–Trinajstić information content (AvgIpc) is 3.12. The van der Waals surface area contributed by atoms with E-state index in [2.05, 4.69) is 20.9 Å². The van der Waals surface area contributed by atoms with Gasteiger partial charge in [0, 0.05) is 14.1 Å². The van der Waals surface area contributed by atoms with E-state index < -0.39 is 17.4 Å². The second kappa shape index (κ2) is 8.52. The Morgan fingerprint density at radius 2 is 1.65 bits per heavy atom. The fourth-order valence-electron chi connectivity index (χ4n) is 3.45. The van der Waals surface area contributed by atoms with E-state index in [9.17, 15) is 14.7 Å². The Kier molecular flexibility index (Phi) is 5.79. The first kappa shape index (κ1) is 21.1. The molecule has 0 aliphatic heterocycles. The van der Waals surface area contributed by atoms with Crippen molar-refractivity contribution in [2.24, 2.45) is 14.1 Å². The van der Waals surface area contributed by atoms with Crippen LogP contribution < -0.4 is 16.0 Å². The highest BCUT2D eigenvalue weighted by Gasteiger charge is 2.19. The van der Waals surface area contributed by atoms with Gasteiger partial charge in [-0.25, -0.2) is 9.78 Å². The molecule has 0 saturated carbocycles. The van der Waals surface area contributed by atoms with Crippen molar-refractivity contribution in [3.63, 3.8) is 0 Å². The third-order valence-electron chi connectivity index (χ3n) is 5.09. The van der Waals surface area contributed by atoms with Crippen LogP contribution in [0, 0.1) is 0 Å². The second-order valence-electron chi connectivity index (χ2n) is 7.22. The molecule has 4 aromatic rings. The number of hydrogen-bond donors (Lipinski definition) is 1. The predicted molar refractivity (Wildman–Crippen MR) is 121 cm³/mol. The van der Waals surface area contributed by atoms with Gasteiger partial charge in [0.2, 0.25) is 0 Å². The molecule has 8 nitrogen and oxygen atoms in total. The summed E-state index contributed by atoms with van der Waals surface area (Å²) in [7, 11) is 2.97. The van der Waals surface area contributed by atoms with E-state index in [1.165, 1.54) is 11.6 Å². The topological polar surface area (TPSA) is 91.3 Å². The Morgan fingerprint density at radius 1 is 1.00 bits per heavy atom. The smallest absolute Gasteiger partial charge is 0.332 e. The van der Waals surface area contributed by atoms with E-state index in [-0.39, 0.29) is 18.7 Å². The lowest BCUT2D eigenvalue weighted by Crippen LogP contribution is -2.37. The van der Waals surface area contributed by atoms with Gasteiger partial charge in [-0.2, -0.15) is 0 Å². The quantitative estimate of drug-likeness (QED) is 0.424. The summed E-state index contributed by atoms with van der Waals surface area (Å²) < 4.78 is 10.0. The van der Waals surface area contributed by atoms with Gasteiger partial charge in [-0.1, -0.05) is 42.5 Å². The van der Waals surface area contributed by atoms with Crippen LogP contribution in [0.1, 0.15) is 0 Å². The first-order valence-electron chi connectivity index (χ1n) is 9.65. The van der Waals surface area contributed by atoms with Gasteiger partial charge in [0.1, 0.15) is 18.5 Å². The molecule has 1 N–H and O–H groups in total. The Labute approximate surface area is 186 Å². The highest BCUT2D eigenvalue weighted by Crippen LogP contribution is 2.22. The number of aromatic nitrogens is 4. The summed E-state index contributed by atoms with van der Waals surface area (Å²) in [6.45, 7) is 0.134. The van der Waals surface area contributed by atoms with Gasteiger partial charge in [-0.3, -0.25) is 13.9 Å². The Balaban J connectivity index is 1.49. The van der Waals surface area contributed by atoms with Crippen LogP contribution in [0.5, 0.6) is 5.75 Å². The molecular weight excluding hydrogens is 464 g/mol. The van der Waals surface area contributed by atoms with Gasteiger partial charge in [-0.05, 0) is 39.2 Å². The Hall–Kier alpha value is -3.17. The van der Waals surface area contributed by atoms with Crippen LogP contribution in [0.25, 0.3) is 22.3 Å². The molecule has 0 bridgehead atoms. The lowest BCUT2D eigenvalue weighted by Gasteiger charge is -2.15. The first-order valence-corrected chi connectivity index (χ1v) is 10.4. The summed E-state index contributed by atoms with van der Waals surface area (Å²) in [5.74, 6) is 0.634. The molecule has 0 radical (unpaired) electrons. The Morgan fingerprint density at radius 3 is 2.32 bits per heavy atom. The monoisotopic (exact) mass is 484 g/mol. The average molecular weight is 485 g/mol. The zero-order valence-corrected chi connectivity index (χ0v) is 18.6. The molecular formula is C22H21BrN4O4. The van der Waals surface area contributed by atoms with E-state index in [4.69, 9.17) is 4.74 Å². The molecule has 2 aromatic carbocycles. The number of hydrogen-bond acceptors (Lipinski definition) is 5. The summed E-state index contributed by atoms with van der Waals surface area (Å²) in [4.78, 5) is 28.9. The standard InChI is InChI=1S/C22H21BrN4O4/c1-25-19-18(20(29)26(2)22(25)30)24-21(23)27(19)12-16(28)13-31-17-10-8-15(9-11-17)14-6-4-3-5-7-14/h3-11,16,28H,12-13H2,1-2H3. The molecule has 9 heteroatoms. The minimum absolute atomic E-state index is 0.0373. The molecule has 1 unspecified atom stereocenters. The minimum Gasteiger partial charge on any atom is -0.491 e. The van der Waals surface area contributed by atoms with Crippen molar-refractivity contribution in [3.8, 4) is 16.9 Å². The van der Waals surface area contributed by atoms with E-state index in [0.29, 0.717) is 16.1 Å². The third-order valence-corrected chi connectivity index (χ3v) is 5.70. The number of rotatable bonds is 6. The molecule has 0 amide bonds. The number of ether oxygens (including phenoxy) is 1. The van der Waals surface area contributed by atoms with Crippen molar-refractivity contribution in [1.82, 2.24) is 18.7 Å². The van der Waals surface area contributed by atoms with Crippen LogP contribution >= 0.6 is 15.9 Å². The maximum Gasteiger partial charge on any atom is 0.332 e. The highest BCUT2D eigenvalue weighted by atomic mass is 79.9. The molecule has 2 heterocycles. The highest BCUT2D eigenvalue weighted by molar-refractivity contribution is 9.10. The van der Waals surface area contributed by atoms with Crippen molar-refractivity contribution in [2.45, 2.75) is 12.6 Å². The van der Waals surface area contributed by atoms with Gasteiger partial charge >= 0.3 is 5.69 Å². The predicted octanol–water partition coefficient (Wildman–Crippen LogP) is 2.30. The summed E-state index contributed by atoms with van der Waals surface area (Å²) >= 11 is 3.32.